The van der Waals surface area contributed by atoms with Crippen LogP contribution in [0.4, 0.5) is 0 Å². The van der Waals surface area contributed by atoms with Crippen LogP contribution in [-0.4, -0.2) is 33.5 Å². The van der Waals surface area contributed by atoms with E-state index in [0.717, 1.165) is 19.3 Å². The van der Waals surface area contributed by atoms with E-state index in [2.05, 4.69) is 17.1 Å². The molecule has 1 amide bonds. The Hall–Kier alpha value is -1.43. The molecule has 0 bridgehead atoms. The normalized spacial score (nSPS) is 11.4. The van der Waals surface area contributed by atoms with Gasteiger partial charge in [-0.15, -0.1) is 0 Å². The minimum absolute atomic E-state index is 0.204. The zero-order valence-electron chi connectivity index (χ0n) is 11.3. The Morgan fingerprint density at radius 1 is 1.50 bits per heavy atom. The number of primary amides is 1. The van der Waals surface area contributed by atoms with Gasteiger partial charge >= 0.3 is 0 Å². The summed E-state index contributed by atoms with van der Waals surface area (Å²) in [5.74, 6) is 0.920. The fourth-order valence-electron chi connectivity index (χ4n) is 1.59. The third-order valence-electron chi connectivity index (χ3n) is 2.69. The summed E-state index contributed by atoms with van der Waals surface area (Å²) in [6, 6.07) is 0.204. The van der Waals surface area contributed by atoms with E-state index in [1.165, 1.54) is 0 Å². The Kier molecular flexibility index (Phi) is 5.77. The van der Waals surface area contributed by atoms with Crippen LogP contribution in [0, 0.1) is 0 Å². The summed E-state index contributed by atoms with van der Waals surface area (Å²) in [6.07, 6.45) is 2.94. The summed E-state index contributed by atoms with van der Waals surface area (Å²) in [5.41, 5.74) is 5.21. The number of carbonyl (C=O) groups excluding carboxylic acids is 1. The number of unbranched alkanes of at least 4 members (excludes halogenated alkanes) is 1. The van der Waals surface area contributed by atoms with E-state index in [1.54, 1.807) is 0 Å². The Balaban J connectivity index is 2.57. The van der Waals surface area contributed by atoms with Crippen molar-refractivity contribution >= 4 is 5.91 Å². The molecule has 102 valence electrons. The average Bonchev–Trinajstić information content (AvgIpc) is 2.72. The van der Waals surface area contributed by atoms with Gasteiger partial charge in [0.25, 0.3) is 0 Å². The first-order valence-corrected chi connectivity index (χ1v) is 6.36. The number of carbonyl (C=O) groups is 1. The molecule has 0 fully saturated rings. The second-order valence-electron chi connectivity index (χ2n) is 4.67. The molecule has 1 aromatic rings. The van der Waals surface area contributed by atoms with Gasteiger partial charge in [0.15, 0.2) is 5.82 Å². The molecule has 1 rings (SSSR count). The van der Waals surface area contributed by atoms with Crippen molar-refractivity contribution in [3.63, 3.8) is 0 Å². The van der Waals surface area contributed by atoms with E-state index < -0.39 is 0 Å². The predicted octanol–water partition coefficient (Wildman–Crippen LogP) is 1.11. The Bertz CT molecular complexity index is 376. The minimum Gasteiger partial charge on any atom is -0.369 e. The summed E-state index contributed by atoms with van der Waals surface area (Å²) in [6.45, 7) is 6.80. The second-order valence-corrected chi connectivity index (χ2v) is 4.67. The maximum absolute atomic E-state index is 11.0. The molecule has 0 aliphatic carbocycles. The van der Waals surface area contributed by atoms with Gasteiger partial charge in [0.05, 0.1) is 13.1 Å². The lowest BCUT2D eigenvalue weighted by Crippen LogP contribution is -2.38. The fraction of sp³-hybridized carbons (Fsp3) is 0.750. The first kappa shape index (κ1) is 14.6. The van der Waals surface area contributed by atoms with E-state index in [0.29, 0.717) is 18.3 Å². The third-order valence-corrected chi connectivity index (χ3v) is 2.69. The van der Waals surface area contributed by atoms with Gasteiger partial charge in [-0.2, -0.15) is 4.98 Å². The molecule has 18 heavy (non-hydrogen) atoms. The van der Waals surface area contributed by atoms with Crippen LogP contribution in [0.5, 0.6) is 0 Å². The molecule has 0 aliphatic rings. The minimum atomic E-state index is -0.349. The zero-order valence-corrected chi connectivity index (χ0v) is 11.3. The molecule has 2 N–H and O–H groups in total. The van der Waals surface area contributed by atoms with Crippen LogP contribution < -0.4 is 5.73 Å². The summed E-state index contributed by atoms with van der Waals surface area (Å²) < 4.78 is 5.15. The lowest BCUT2D eigenvalue weighted by molar-refractivity contribution is -0.119. The number of rotatable bonds is 8. The Labute approximate surface area is 108 Å². The number of amides is 1. The first-order valence-electron chi connectivity index (χ1n) is 6.36. The molecular weight excluding hydrogens is 232 g/mol. The molecule has 0 radical (unpaired) electrons. The highest BCUT2D eigenvalue weighted by atomic mass is 16.5. The highest BCUT2D eigenvalue weighted by Gasteiger charge is 2.16. The lowest BCUT2D eigenvalue weighted by Gasteiger charge is -2.22. The Morgan fingerprint density at radius 2 is 2.22 bits per heavy atom. The number of nitrogens with zero attached hydrogens (tertiary/aromatic N) is 3. The van der Waals surface area contributed by atoms with Crippen molar-refractivity contribution in [3.05, 3.63) is 11.7 Å². The molecule has 0 unspecified atom stereocenters. The van der Waals surface area contributed by atoms with Crippen LogP contribution in [0.25, 0.3) is 0 Å². The number of aromatic nitrogens is 2. The molecule has 1 aromatic heterocycles. The predicted molar refractivity (Wildman–Crippen MR) is 67.7 cm³/mol. The monoisotopic (exact) mass is 254 g/mol. The van der Waals surface area contributed by atoms with Crippen molar-refractivity contribution in [2.45, 2.75) is 52.6 Å². The molecular formula is C12H22N4O2. The van der Waals surface area contributed by atoms with Gasteiger partial charge in [0.1, 0.15) is 0 Å². The number of hydrogen-bond acceptors (Lipinski definition) is 5. The van der Waals surface area contributed by atoms with Gasteiger partial charge in [-0.05, 0) is 20.3 Å². The largest absolute Gasteiger partial charge is 0.369 e. The van der Waals surface area contributed by atoms with Gasteiger partial charge in [-0.25, -0.2) is 0 Å². The molecule has 0 aromatic carbocycles. The van der Waals surface area contributed by atoms with E-state index in [1.807, 2.05) is 18.7 Å². The molecule has 0 saturated heterocycles. The van der Waals surface area contributed by atoms with Crippen LogP contribution in [0.2, 0.25) is 0 Å². The van der Waals surface area contributed by atoms with Crippen LogP contribution in [0.15, 0.2) is 4.52 Å². The van der Waals surface area contributed by atoms with E-state index in [4.69, 9.17) is 10.3 Å². The molecule has 6 heteroatoms. The second kappa shape index (κ2) is 7.10. The number of hydrogen-bond donors (Lipinski definition) is 1. The standard InChI is InChI=1S/C12H22N4O2/c1-4-5-6-12-14-11(15-18-12)8-16(9(2)3)7-10(13)17/h9H,4-8H2,1-3H3,(H2,13,17). The highest BCUT2D eigenvalue weighted by molar-refractivity contribution is 5.75. The summed E-state index contributed by atoms with van der Waals surface area (Å²) in [4.78, 5) is 17.2. The van der Waals surface area contributed by atoms with Gasteiger partial charge < -0.3 is 10.3 Å². The molecule has 0 aliphatic heterocycles. The van der Waals surface area contributed by atoms with Crippen LogP contribution in [0.1, 0.15) is 45.3 Å². The van der Waals surface area contributed by atoms with Gasteiger partial charge in [-0.3, -0.25) is 9.69 Å². The smallest absolute Gasteiger partial charge is 0.231 e. The number of nitrogens with two attached hydrogens (primary N) is 1. The average molecular weight is 254 g/mol. The fourth-order valence-corrected chi connectivity index (χ4v) is 1.59. The van der Waals surface area contributed by atoms with Crippen LogP contribution in [0.3, 0.4) is 0 Å². The van der Waals surface area contributed by atoms with Crippen molar-refractivity contribution in [1.29, 1.82) is 0 Å². The van der Waals surface area contributed by atoms with Crippen LogP contribution in [-0.2, 0) is 17.8 Å². The Morgan fingerprint density at radius 3 is 2.78 bits per heavy atom. The maximum atomic E-state index is 11.0. The maximum Gasteiger partial charge on any atom is 0.231 e. The summed E-state index contributed by atoms with van der Waals surface area (Å²) in [5, 5.41) is 3.92. The van der Waals surface area contributed by atoms with Crippen LogP contribution >= 0.6 is 0 Å². The van der Waals surface area contributed by atoms with Crippen molar-refractivity contribution in [2.75, 3.05) is 6.54 Å². The van der Waals surface area contributed by atoms with Gasteiger partial charge in [-0.1, -0.05) is 18.5 Å². The number of aryl methyl sites for hydroxylation is 1. The first-order chi connectivity index (χ1) is 8.52. The molecule has 6 nitrogen and oxygen atoms in total. The zero-order chi connectivity index (χ0) is 13.5. The molecule has 0 saturated carbocycles. The summed E-state index contributed by atoms with van der Waals surface area (Å²) >= 11 is 0. The van der Waals surface area contributed by atoms with Crippen molar-refractivity contribution in [2.24, 2.45) is 5.73 Å². The topological polar surface area (TPSA) is 85.3 Å². The van der Waals surface area contributed by atoms with Gasteiger partial charge in [0.2, 0.25) is 11.8 Å². The third kappa shape index (κ3) is 4.83. The molecule has 0 atom stereocenters. The molecule has 0 spiro atoms. The van der Waals surface area contributed by atoms with Crippen molar-refractivity contribution < 1.29 is 9.32 Å². The van der Waals surface area contributed by atoms with Gasteiger partial charge in [0, 0.05) is 12.5 Å². The lowest BCUT2D eigenvalue weighted by atomic mass is 10.2. The molecule has 1 heterocycles. The van der Waals surface area contributed by atoms with Crippen molar-refractivity contribution in [1.82, 2.24) is 15.0 Å². The quantitative estimate of drug-likeness (QED) is 0.751. The SMILES string of the molecule is CCCCc1nc(CN(CC(N)=O)C(C)C)no1. The van der Waals surface area contributed by atoms with Crippen molar-refractivity contribution in [3.8, 4) is 0 Å². The van der Waals surface area contributed by atoms with E-state index in [-0.39, 0.29) is 18.5 Å². The summed E-state index contributed by atoms with van der Waals surface area (Å²) in [7, 11) is 0. The van der Waals surface area contributed by atoms with E-state index >= 15 is 0 Å². The van der Waals surface area contributed by atoms with E-state index in [9.17, 15) is 4.79 Å². The highest BCUT2D eigenvalue weighted by Crippen LogP contribution is 2.07.